The van der Waals surface area contributed by atoms with Crippen LogP contribution in [0, 0.1) is 6.08 Å². The standard InChI is InChI=1S/C19H12F4N4S/c20-17-24-13(8-11-4-2-1-3-5-11)10-16(26-17)27-18-25-14-7-6-12(19(21,22)23)9-15(14)28-18/h1-7,9-10H,8H2,(H,24,25,26,27). The van der Waals surface area contributed by atoms with Gasteiger partial charge in [0.25, 0.3) is 0 Å². The smallest absolute Gasteiger partial charge is 0.316 e. The van der Waals surface area contributed by atoms with Gasteiger partial charge < -0.3 is 5.32 Å². The van der Waals surface area contributed by atoms with Crippen molar-refractivity contribution in [3.8, 4) is 0 Å². The Bertz CT molecular complexity index is 1130. The minimum absolute atomic E-state index is 0.188. The van der Waals surface area contributed by atoms with Gasteiger partial charge in [-0.3, -0.25) is 0 Å². The molecule has 0 radical (unpaired) electrons. The Kier molecular flexibility index (Phi) is 4.68. The van der Waals surface area contributed by atoms with E-state index in [1.54, 1.807) is 6.07 Å². The Balaban J connectivity index is 1.60. The van der Waals surface area contributed by atoms with E-state index < -0.39 is 17.8 Å². The zero-order chi connectivity index (χ0) is 19.7. The van der Waals surface area contributed by atoms with Crippen LogP contribution in [0.1, 0.15) is 16.8 Å². The van der Waals surface area contributed by atoms with E-state index in [0.29, 0.717) is 27.5 Å². The van der Waals surface area contributed by atoms with E-state index in [-0.39, 0.29) is 5.82 Å². The number of halogens is 4. The van der Waals surface area contributed by atoms with Crippen molar-refractivity contribution >= 4 is 32.5 Å². The molecule has 4 nitrogen and oxygen atoms in total. The molecule has 0 amide bonds. The SMILES string of the molecule is Fc1nc(Cc2ccccc2)cc(Nc2nc3ccc(C(F)(F)F)cc3s2)n1. The molecule has 4 rings (SSSR count). The molecule has 2 aromatic carbocycles. The normalized spacial score (nSPS) is 11.7. The van der Waals surface area contributed by atoms with Gasteiger partial charge in [0.2, 0.25) is 0 Å². The fourth-order valence-electron chi connectivity index (χ4n) is 2.69. The quantitative estimate of drug-likeness (QED) is 0.356. The molecule has 2 heterocycles. The maximum absolute atomic E-state index is 13.8. The summed E-state index contributed by atoms with van der Waals surface area (Å²) in [7, 11) is 0. The van der Waals surface area contributed by atoms with Crippen molar-refractivity contribution in [1.82, 2.24) is 15.0 Å². The van der Waals surface area contributed by atoms with Gasteiger partial charge in [-0.25, -0.2) is 9.97 Å². The van der Waals surface area contributed by atoms with Gasteiger partial charge in [0, 0.05) is 12.5 Å². The molecule has 0 aliphatic rings. The lowest BCUT2D eigenvalue weighted by Gasteiger charge is -2.05. The zero-order valence-electron chi connectivity index (χ0n) is 14.2. The van der Waals surface area contributed by atoms with E-state index in [9.17, 15) is 17.6 Å². The summed E-state index contributed by atoms with van der Waals surface area (Å²) in [6.07, 6.45) is -4.89. The maximum atomic E-state index is 13.8. The summed E-state index contributed by atoms with van der Waals surface area (Å²) in [5.41, 5.74) is 1.11. The van der Waals surface area contributed by atoms with Gasteiger partial charge in [-0.05, 0) is 23.8 Å². The minimum Gasteiger partial charge on any atom is -0.316 e. The second-order valence-corrected chi connectivity index (χ2v) is 7.03. The average molecular weight is 404 g/mol. The number of fused-ring (bicyclic) bond motifs is 1. The number of nitrogens with one attached hydrogen (secondary N) is 1. The van der Waals surface area contributed by atoms with Crippen LogP contribution >= 0.6 is 11.3 Å². The van der Waals surface area contributed by atoms with Gasteiger partial charge in [0.15, 0.2) is 5.13 Å². The summed E-state index contributed by atoms with van der Waals surface area (Å²) in [4.78, 5) is 11.7. The zero-order valence-corrected chi connectivity index (χ0v) is 15.0. The van der Waals surface area contributed by atoms with Crippen molar-refractivity contribution in [3.05, 3.63) is 77.5 Å². The number of anilines is 2. The van der Waals surface area contributed by atoms with Crippen molar-refractivity contribution in [3.63, 3.8) is 0 Å². The fourth-order valence-corrected chi connectivity index (χ4v) is 3.60. The lowest BCUT2D eigenvalue weighted by atomic mass is 10.1. The van der Waals surface area contributed by atoms with Crippen LogP contribution in [-0.2, 0) is 12.6 Å². The summed E-state index contributed by atoms with van der Waals surface area (Å²) >= 11 is 1.03. The number of thiazole rings is 1. The van der Waals surface area contributed by atoms with E-state index in [1.807, 2.05) is 30.3 Å². The second kappa shape index (κ2) is 7.16. The van der Waals surface area contributed by atoms with Crippen molar-refractivity contribution in [2.45, 2.75) is 12.6 Å². The predicted octanol–water partition coefficient (Wildman–Crippen LogP) is 5.58. The molecule has 0 spiro atoms. The van der Waals surface area contributed by atoms with Crippen molar-refractivity contribution in [2.24, 2.45) is 0 Å². The van der Waals surface area contributed by atoms with Crippen molar-refractivity contribution in [2.75, 3.05) is 5.32 Å². The monoisotopic (exact) mass is 404 g/mol. The van der Waals surface area contributed by atoms with Crippen LogP contribution in [0.2, 0.25) is 0 Å². The molecule has 0 aliphatic heterocycles. The molecule has 0 saturated carbocycles. The number of nitrogens with zero attached hydrogens (tertiary/aromatic N) is 3. The number of benzene rings is 2. The van der Waals surface area contributed by atoms with Crippen LogP contribution in [0.15, 0.2) is 54.6 Å². The van der Waals surface area contributed by atoms with E-state index in [4.69, 9.17) is 0 Å². The number of rotatable bonds is 4. The molecule has 4 aromatic rings. The van der Waals surface area contributed by atoms with Gasteiger partial charge in [-0.2, -0.15) is 22.5 Å². The first-order chi connectivity index (χ1) is 13.4. The molecular weight excluding hydrogens is 392 g/mol. The van der Waals surface area contributed by atoms with E-state index in [0.717, 1.165) is 29.0 Å². The van der Waals surface area contributed by atoms with Crippen LogP contribution in [0.3, 0.4) is 0 Å². The number of alkyl halides is 3. The molecule has 9 heteroatoms. The summed E-state index contributed by atoms with van der Waals surface area (Å²) in [5, 5.41) is 3.17. The third-order valence-corrected chi connectivity index (χ3v) is 4.86. The highest BCUT2D eigenvalue weighted by atomic mass is 32.1. The topological polar surface area (TPSA) is 50.7 Å². The highest BCUT2D eigenvalue weighted by Gasteiger charge is 2.30. The van der Waals surface area contributed by atoms with Crippen molar-refractivity contribution in [1.29, 1.82) is 0 Å². The molecule has 2 aromatic heterocycles. The van der Waals surface area contributed by atoms with Gasteiger partial charge in [0.1, 0.15) is 5.82 Å². The van der Waals surface area contributed by atoms with E-state index >= 15 is 0 Å². The average Bonchev–Trinajstić information content (AvgIpc) is 3.02. The molecule has 0 saturated heterocycles. The van der Waals surface area contributed by atoms with Gasteiger partial charge in [-0.15, -0.1) is 0 Å². The summed E-state index contributed by atoms with van der Waals surface area (Å²) in [5.74, 6) is 0.188. The summed E-state index contributed by atoms with van der Waals surface area (Å²) in [6.45, 7) is 0. The fraction of sp³-hybridized carbons (Fsp3) is 0.105. The molecule has 28 heavy (non-hydrogen) atoms. The molecule has 1 N–H and O–H groups in total. The van der Waals surface area contributed by atoms with Gasteiger partial charge in [-0.1, -0.05) is 41.7 Å². The van der Waals surface area contributed by atoms with E-state index in [2.05, 4.69) is 20.3 Å². The van der Waals surface area contributed by atoms with Crippen LogP contribution in [0.5, 0.6) is 0 Å². The van der Waals surface area contributed by atoms with Crippen molar-refractivity contribution < 1.29 is 17.6 Å². The molecule has 0 aliphatic carbocycles. The van der Waals surface area contributed by atoms with Crippen LogP contribution in [-0.4, -0.2) is 15.0 Å². The molecule has 0 unspecified atom stereocenters. The Morgan fingerprint density at radius 1 is 0.929 bits per heavy atom. The molecular formula is C19H12F4N4S. The largest absolute Gasteiger partial charge is 0.416 e. The Labute approximate surface area is 160 Å². The highest BCUT2D eigenvalue weighted by Crippen LogP contribution is 2.35. The van der Waals surface area contributed by atoms with Crippen LogP contribution in [0.25, 0.3) is 10.2 Å². The Morgan fingerprint density at radius 3 is 2.46 bits per heavy atom. The number of aromatic nitrogens is 3. The first-order valence-corrected chi connectivity index (χ1v) is 9.01. The summed E-state index contributed by atoms with van der Waals surface area (Å²) in [6, 6.07) is 14.4. The van der Waals surface area contributed by atoms with Crippen LogP contribution in [0.4, 0.5) is 28.5 Å². The molecule has 0 fully saturated rings. The van der Waals surface area contributed by atoms with Gasteiger partial charge in [0.05, 0.1) is 21.5 Å². The highest BCUT2D eigenvalue weighted by molar-refractivity contribution is 7.22. The maximum Gasteiger partial charge on any atom is 0.416 e. The summed E-state index contributed by atoms with van der Waals surface area (Å²) < 4.78 is 52.7. The van der Waals surface area contributed by atoms with Crippen LogP contribution < -0.4 is 5.32 Å². The van der Waals surface area contributed by atoms with Gasteiger partial charge >= 0.3 is 12.3 Å². The first kappa shape index (κ1) is 18.3. The minimum atomic E-state index is -4.42. The lowest BCUT2D eigenvalue weighted by Crippen LogP contribution is -2.03. The molecule has 0 bridgehead atoms. The third-order valence-electron chi connectivity index (χ3n) is 3.93. The Morgan fingerprint density at radius 2 is 1.71 bits per heavy atom. The second-order valence-electron chi connectivity index (χ2n) is 6.00. The number of hydrogen-bond acceptors (Lipinski definition) is 5. The predicted molar refractivity (Wildman–Crippen MR) is 99.1 cm³/mol. The molecule has 142 valence electrons. The lowest BCUT2D eigenvalue weighted by molar-refractivity contribution is -0.137. The Hall–Kier alpha value is -3.07. The molecule has 0 atom stereocenters. The van der Waals surface area contributed by atoms with E-state index in [1.165, 1.54) is 6.07 Å². The third kappa shape index (κ3) is 4.09. The number of hydrogen-bond donors (Lipinski definition) is 1. The first-order valence-electron chi connectivity index (χ1n) is 8.19.